The maximum atomic E-state index is 14.7. The molecule has 4 aliphatic rings. The van der Waals surface area contributed by atoms with Gasteiger partial charge in [-0.25, -0.2) is 27.8 Å². The van der Waals surface area contributed by atoms with Crippen LogP contribution >= 0.6 is 0 Å². The maximum absolute atomic E-state index is 14.7. The molecule has 0 bridgehead atoms. The molecule has 4 aromatic carbocycles. The second kappa shape index (κ2) is 23.0. The fourth-order valence-corrected chi connectivity index (χ4v) is 11.1. The number of fused-ring (bicyclic) bond motifs is 5. The van der Waals surface area contributed by atoms with Crippen molar-refractivity contribution in [3.8, 4) is 23.0 Å². The van der Waals surface area contributed by atoms with E-state index in [4.69, 9.17) is 42.9 Å². The summed E-state index contributed by atoms with van der Waals surface area (Å²) in [6.45, 7) is 9.03. The van der Waals surface area contributed by atoms with Crippen molar-refractivity contribution in [3.05, 3.63) is 162 Å². The second-order valence-corrected chi connectivity index (χ2v) is 20.6. The number of nitrogens with zero attached hydrogens (tertiary/aromatic N) is 5. The van der Waals surface area contributed by atoms with E-state index in [1.165, 1.54) is 62.5 Å². The molecule has 19 nitrogen and oxygen atoms in total. The second-order valence-electron chi connectivity index (χ2n) is 18.3. The predicted molar refractivity (Wildman–Crippen MR) is 284 cm³/mol. The van der Waals surface area contributed by atoms with Gasteiger partial charge in [0, 0.05) is 39.4 Å². The lowest BCUT2D eigenvalue weighted by atomic mass is 9.92. The van der Waals surface area contributed by atoms with Crippen LogP contribution in [-0.4, -0.2) is 126 Å². The molecule has 0 spiro atoms. The van der Waals surface area contributed by atoms with Gasteiger partial charge in [-0.1, -0.05) is 80.8 Å². The number of pyridine rings is 1. The van der Waals surface area contributed by atoms with Crippen LogP contribution in [0, 0.1) is 0 Å². The molecule has 4 aliphatic heterocycles. The number of anilines is 2. The molecular weight excluding hydrogens is 1010 g/mol. The number of hydrogen-bond acceptors (Lipinski definition) is 15. The molecule has 2 unspecified atom stereocenters. The first kappa shape index (κ1) is 53.6. The van der Waals surface area contributed by atoms with Gasteiger partial charge in [-0.2, -0.15) is 0 Å². The lowest BCUT2D eigenvalue weighted by Crippen LogP contribution is -2.56. The lowest BCUT2D eigenvalue weighted by molar-refractivity contribution is 0.00854. The highest BCUT2D eigenvalue weighted by atomic mass is 32.2. The van der Waals surface area contributed by atoms with Crippen LogP contribution in [0.1, 0.15) is 62.1 Å². The Morgan fingerprint density at radius 2 is 1.18 bits per heavy atom. The Balaban J connectivity index is 0.977. The van der Waals surface area contributed by atoms with E-state index in [1.54, 1.807) is 71.3 Å². The summed E-state index contributed by atoms with van der Waals surface area (Å²) in [5, 5.41) is 0. The molecule has 4 atom stereocenters. The average molecular weight is 1070 g/mol. The van der Waals surface area contributed by atoms with Crippen molar-refractivity contribution in [1.29, 1.82) is 0 Å². The van der Waals surface area contributed by atoms with Crippen molar-refractivity contribution in [1.82, 2.24) is 14.8 Å². The molecule has 0 saturated heterocycles. The van der Waals surface area contributed by atoms with Crippen LogP contribution in [0.3, 0.4) is 0 Å². The van der Waals surface area contributed by atoms with Gasteiger partial charge in [0.25, 0.3) is 11.8 Å². The van der Waals surface area contributed by atoms with E-state index in [2.05, 4.69) is 13.2 Å². The Morgan fingerprint density at radius 1 is 0.662 bits per heavy atom. The number of hydrogen-bond donors (Lipinski definition) is 0. The number of carbonyl (C=O) groups excluding carboxylic acids is 4. The fraction of sp³-hybridized carbons (Fsp3) is 0.316. The van der Waals surface area contributed by atoms with E-state index >= 15 is 0 Å². The minimum absolute atomic E-state index is 0.0357. The highest BCUT2D eigenvalue weighted by Gasteiger charge is 2.48. The normalized spacial score (nSPS) is 18.7. The van der Waals surface area contributed by atoms with Crippen molar-refractivity contribution in [2.75, 3.05) is 63.8 Å². The molecule has 1 aromatic heterocycles. The Bertz CT molecular complexity index is 3260. The zero-order chi connectivity index (χ0) is 54.5. The highest BCUT2D eigenvalue weighted by molar-refractivity contribution is 7.91. The summed E-state index contributed by atoms with van der Waals surface area (Å²) in [7, 11) is 2.39. The van der Waals surface area contributed by atoms with Crippen LogP contribution in [0.5, 0.6) is 23.0 Å². The zero-order valence-corrected chi connectivity index (χ0v) is 44.2. The van der Waals surface area contributed by atoms with E-state index in [0.29, 0.717) is 24.4 Å². The first-order valence-corrected chi connectivity index (χ1v) is 26.5. The summed E-state index contributed by atoms with van der Waals surface area (Å²) in [6.07, 6.45) is 1.91. The van der Waals surface area contributed by atoms with Gasteiger partial charge in [0.15, 0.2) is 45.3 Å². The summed E-state index contributed by atoms with van der Waals surface area (Å²) >= 11 is 0. The van der Waals surface area contributed by atoms with E-state index in [9.17, 15) is 27.6 Å². The van der Waals surface area contributed by atoms with Gasteiger partial charge >= 0.3 is 12.2 Å². The van der Waals surface area contributed by atoms with Gasteiger partial charge in [-0.05, 0) is 71.5 Å². The molecule has 0 radical (unpaired) electrons. The number of carbonyl (C=O) groups is 4. The van der Waals surface area contributed by atoms with Gasteiger partial charge in [0.2, 0.25) is 0 Å². The Labute approximate surface area is 446 Å². The summed E-state index contributed by atoms with van der Waals surface area (Å²) in [4.78, 5) is 68.3. The highest BCUT2D eigenvalue weighted by Crippen LogP contribution is 2.45. The smallest absolute Gasteiger partial charge is 0.416 e. The number of rotatable bonds is 17. The van der Waals surface area contributed by atoms with Gasteiger partial charge in [-0.15, -0.1) is 0 Å². The van der Waals surface area contributed by atoms with Gasteiger partial charge in [-0.3, -0.25) is 14.6 Å². The van der Waals surface area contributed by atoms with E-state index in [1.807, 2.05) is 30.3 Å². The molecular formula is C57H59N5O14S. The molecule has 5 heterocycles. The summed E-state index contributed by atoms with van der Waals surface area (Å²) in [5.41, 5.74) is 5.24. The van der Waals surface area contributed by atoms with Crippen molar-refractivity contribution < 1.29 is 65.5 Å². The third kappa shape index (κ3) is 10.6. The van der Waals surface area contributed by atoms with E-state index < -0.39 is 52.5 Å². The van der Waals surface area contributed by atoms with E-state index in [0.717, 1.165) is 22.3 Å². The fourth-order valence-electron chi connectivity index (χ4n) is 10.2. The number of benzene rings is 4. The van der Waals surface area contributed by atoms with Gasteiger partial charge < -0.3 is 47.7 Å². The molecule has 9 rings (SSSR count). The SMILES string of the molecule is C=CCOC(=O)N1c2cc(OCc3cccc(COc4cc5c(cc4OC)C(=O)N4Cc6ccccc6C[C@H]4C(OC)N5C(=O)OCC=C)n3)c(OC)cc2C(=O)N2CC=C(c3ccc(S(=O)(=O)CC)cc3)C[C@H]2C1OC. The van der Waals surface area contributed by atoms with Crippen molar-refractivity contribution in [2.24, 2.45) is 0 Å². The first-order chi connectivity index (χ1) is 37.3. The van der Waals surface area contributed by atoms with Crippen LogP contribution in [-0.2, 0) is 55.0 Å². The predicted octanol–water partition coefficient (Wildman–Crippen LogP) is 8.15. The Kier molecular flexibility index (Phi) is 16.0. The molecule has 402 valence electrons. The monoisotopic (exact) mass is 1070 g/mol. The number of aromatic nitrogens is 1. The van der Waals surface area contributed by atoms with Crippen molar-refractivity contribution in [3.63, 3.8) is 0 Å². The summed E-state index contributed by atoms with van der Waals surface area (Å²) in [5.74, 6) is 0.0536. The van der Waals surface area contributed by atoms with Crippen LogP contribution in [0.2, 0.25) is 0 Å². The van der Waals surface area contributed by atoms with Crippen LogP contribution in [0.4, 0.5) is 21.0 Å². The number of amides is 4. The third-order valence-electron chi connectivity index (χ3n) is 14.0. The lowest BCUT2D eigenvalue weighted by Gasteiger charge is -2.41. The molecule has 20 heteroatoms. The van der Waals surface area contributed by atoms with E-state index in [-0.39, 0.29) is 101 Å². The molecule has 5 aromatic rings. The minimum Gasteiger partial charge on any atom is -0.493 e. The van der Waals surface area contributed by atoms with Crippen LogP contribution in [0.25, 0.3) is 5.57 Å². The number of ether oxygens (including phenoxy) is 8. The summed E-state index contributed by atoms with van der Waals surface area (Å²) in [6, 6.07) is 24.6. The largest absolute Gasteiger partial charge is 0.493 e. The first-order valence-electron chi connectivity index (χ1n) is 24.8. The topological polar surface area (TPSA) is 202 Å². The number of methoxy groups -OCH3 is 4. The zero-order valence-electron chi connectivity index (χ0n) is 43.3. The quantitative estimate of drug-likeness (QED) is 0.0807. The van der Waals surface area contributed by atoms with Crippen molar-refractivity contribution >= 4 is 50.8 Å². The van der Waals surface area contributed by atoms with Crippen LogP contribution < -0.4 is 28.7 Å². The maximum Gasteiger partial charge on any atom is 0.416 e. The van der Waals surface area contributed by atoms with Gasteiger partial charge in [0.05, 0.1) is 70.8 Å². The molecule has 0 saturated carbocycles. The molecule has 0 N–H and O–H groups in total. The van der Waals surface area contributed by atoms with Crippen molar-refractivity contribution in [2.45, 2.75) is 69.0 Å². The molecule has 4 amide bonds. The molecule has 0 aliphatic carbocycles. The average Bonchev–Trinajstić information content (AvgIpc) is 3.66. The Hall–Kier alpha value is -8.20. The molecule has 77 heavy (non-hydrogen) atoms. The third-order valence-corrected chi connectivity index (χ3v) is 15.7. The Morgan fingerprint density at radius 3 is 1.69 bits per heavy atom. The van der Waals surface area contributed by atoms with Gasteiger partial charge in [0.1, 0.15) is 26.4 Å². The minimum atomic E-state index is -3.43. The standard InChI is InChI=1S/C57H59N5O14S/c1-8-24-73-56(65)61-44-30-50(48(69-4)28-42(44)52(63)59-23-22-37(27-46(59)54(61)71-6)35-18-20-41(21-19-35)77(67,68)10-3)75-33-39-16-13-17-40(58-39)34-76-51-31-45-43(29-49(51)70-5)53(64)60-32-38-15-12-11-14-36(38)26-47(60)55(72-7)62(45)57(66)74-25-9-2/h8-9,11-22,28-31,46-47,54-55H,1-2,10,23-27,32-34H2,3-7H3/t46-,47-,54?,55?/m0/s1. The number of sulfone groups is 1. The summed E-state index contributed by atoms with van der Waals surface area (Å²) < 4.78 is 72.8. The molecule has 0 fully saturated rings. The van der Waals surface area contributed by atoms with Crippen LogP contribution in [0.15, 0.2) is 127 Å².